The fourth-order valence-electron chi connectivity index (χ4n) is 2.63. The van der Waals surface area contributed by atoms with Crippen LogP contribution < -0.4 is 11.0 Å². The van der Waals surface area contributed by atoms with Crippen LogP contribution in [0.1, 0.15) is 12.8 Å². The van der Waals surface area contributed by atoms with Crippen LogP contribution in [0.2, 0.25) is 0 Å². The van der Waals surface area contributed by atoms with E-state index in [9.17, 15) is 9.18 Å². The second-order valence-corrected chi connectivity index (χ2v) is 4.90. The average Bonchev–Trinajstić information content (AvgIpc) is 2.67. The Bertz CT molecular complexity index is 610. The smallest absolute Gasteiger partial charge is 0.317 e. The zero-order valence-electron chi connectivity index (χ0n) is 10.1. The van der Waals surface area contributed by atoms with E-state index in [2.05, 4.69) is 10.3 Å². The van der Waals surface area contributed by atoms with Crippen molar-refractivity contribution in [2.75, 3.05) is 13.1 Å². The number of hydrogen-bond acceptors (Lipinski definition) is 2. The number of H-pyrrole nitrogens is 1. The Labute approximate surface area is 104 Å². The lowest BCUT2D eigenvalue weighted by molar-refractivity contribution is 0.333. The lowest BCUT2D eigenvalue weighted by Gasteiger charge is -2.22. The maximum absolute atomic E-state index is 13.3. The van der Waals surface area contributed by atoms with Crippen molar-refractivity contribution >= 4 is 11.0 Å². The van der Waals surface area contributed by atoms with Gasteiger partial charge in [0, 0.05) is 6.54 Å². The van der Waals surface area contributed by atoms with Crippen molar-refractivity contribution < 1.29 is 4.39 Å². The normalized spacial score (nSPS) is 17.4. The van der Waals surface area contributed by atoms with E-state index in [-0.39, 0.29) is 11.5 Å². The van der Waals surface area contributed by atoms with Gasteiger partial charge < -0.3 is 10.3 Å². The summed E-state index contributed by atoms with van der Waals surface area (Å²) in [5, 5.41) is 3.30. The van der Waals surface area contributed by atoms with E-state index >= 15 is 0 Å². The van der Waals surface area contributed by atoms with Gasteiger partial charge in [0.25, 0.3) is 0 Å². The highest BCUT2D eigenvalue weighted by Gasteiger charge is 2.16. The minimum absolute atomic E-state index is 0.144. The van der Waals surface area contributed by atoms with Crippen LogP contribution in [-0.2, 0) is 6.54 Å². The van der Waals surface area contributed by atoms with E-state index in [0.29, 0.717) is 23.5 Å². The number of aromatic nitrogens is 2. The highest BCUT2D eigenvalue weighted by Crippen LogP contribution is 2.17. The van der Waals surface area contributed by atoms with Crippen molar-refractivity contribution in [2.45, 2.75) is 19.4 Å². The molecule has 1 saturated heterocycles. The van der Waals surface area contributed by atoms with Gasteiger partial charge in [0.15, 0.2) is 0 Å². The molecule has 0 aliphatic carbocycles. The van der Waals surface area contributed by atoms with Crippen molar-refractivity contribution in [3.8, 4) is 0 Å². The molecule has 0 spiro atoms. The number of fused-ring (bicyclic) bond motifs is 1. The summed E-state index contributed by atoms with van der Waals surface area (Å²) in [5.74, 6) is 0.187. The van der Waals surface area contributed by atoms with Gasteiger partial charge in [-0.25, -0.2) is 9.18 Å². The quantitative estimate of drug-likeness (QED) is 0.846. The summed E-state index contributed by atoms with van der Waals surface area (Å²) >= 11 is 0. The minimum Gasteiger partial charge on any atom is -0.317 e. The number of hydrogen-bond donors (Lipinski definition) is 2. The van der Waals surface area contributed by atoms with Crippen LogP contribution in [0.3, 0.4) is 0 Å². The number of nitrogens with one attached hydrogen (secondary N) is 2. The molecule has 4 nitrogen and oxygen atoms in total. The molecule has 2 N–H and O–H groups in total. The molecule has 1 fully saturated rings. The Morgan fingerprint density at radius 2 is 2.11 bits per heavy atom. The van der Waals surface area contributed by atoms with E-state index in [1.54, 1.807) is 10.6 Å². The molecule has 1 aromatic heterocycles. The summed E-state index contributed by atoms with van der Waals surface area (Å²) in [6, 6.07) is 4.41. The van der Waals surface area contributed by atoms with Crippen molar-refractivity contribution in [1.82, 2.24) is 14.9 Å². The first-order chi connectivity index (χ1) is 8.74. The molecule has 2 heterocycles. The van der Waals surface area contributed by atoms with E-state index in [4.69, 9.17) is 0 Å². The molecule has 0 amide bonds. The van der Waals surface area contributed by atoms with Crippen molar-refractivity contribution in [3.05, 3.63) is 34.5 Å². The Morgan fingerprint density at radius 3 is 2.89 bits per heavy atom. The highest BCUT2D eigenvalue weighted by atomic mass is 19.1. The third kappa shape index (κ3) is 2.06. The molecule has 0 radical (unpaired) electrons. The zero-order valence-corrected chi connectivity index (χ0v) is 10.1. The fraction of sp³-hybridized carbons (Fsp3) is 0.462. The second kappa shape index (κ2) is 4.57. The molecular formula is C13H16FN3O. The van der Waals surface area contributed by atoms with Gasteiger partial charge in [-0.3, -0.25) is 4.57 Å². The molecule has 3 rings (SSSR count). The second-order valence-electron chi connectivity index (χ2n) is 4.90. The first-order valence-electron chi connectivity index (χ1n) is 6.33. The number of nitrogens with zero attached hydrogens (tertiary/aromatic N) is 1. The predicted molar refractivity (Wildman–Crippen MR) is 68.1 cm³/mol. The summed E-state index contributed by atoms with van der Waals surface area (Å²) in [4.78, 5) is 14.7. The molecule has 96 valence electrons. The summed E-state index contributed by atoms with van der Waals surface area (Å²) in [7, 11) is 0. The van der Waals surface area contributed by atoms with Gasteiger partial charge in [-0.15, -0.1) is 0 Å². The first kappa shape index (κ1) is 11.5. The molecule has 0 atom stereocenters. The highest BCUT2D eigenvalue weighted by molar-refractivity contribution is 5.75. The standard InChI is InChI=1S/C13H16FN3O/c14-10-1-2-11-12(7-10)17(13(18)16-11)8-9-3-5-15-6-4-9/h1-2,7,9,15H,3-6,8H2,(H,16,18). The van der Waals surface area contributed by atoms with E-state index in [1.807, 2.05) is 0 Å². The average molecular weight is 249 g/mol. The molecule has 18 heavy (non-hydrogen) atoms. The number of aromatic amines is 1. The Hall–Kier alpha value is -1.62. The van der Waals surface area contributed by atoms with Crippen molar-refractivity contribution in [2.24, 2.45) is 5.92 Å². The Morgan fingerprint density at radius 1 is 1.33 bits per heavy atom. The largest absolute Gasteiger partial charge is 0.326 e. The van der Waals surface area contributed by atoms with Crippen LogP contribution in [0.15, 0.2) is 23.0 Å². The van der Waals surface area contributed by atoms with Gasteiger partial charge in [-0.1, -0.05) is 0 Å². The number of halogens is 1. The van der Waals surface area contributed by atoms with Gasteiger partial charge in [-0.2, -0.15) is 0 Å². The number of rotatable bonds is 2. The molecule has 0 unspecified atom stereocenters. The lowest BCUT2D eigenvalue weighted by atomic mass is 9.98. The summed E-state index contributed by atoms with van der Waals surface area (Å²) in [5.41, 5.74) is 1.22. The van der Waals surface area contributed by atoms with Crippen LogP contribution in [0.25, 0.3) is 11.0 Å². The summed E-state index contributed by atoms with van der Waals surface area (Å²) in [6.45, 7) is 2.66. The predicted octanol–water partition coefficient (Wildman–Crippen LogP) is 1.47. The van der Waals surface area contributed by atoms with Gasteiger partial charge in [-0.05, 0) is 50.0 Å². The molecule has 0 bridgehead atoms. The summed E-state index contributed by atoms with van der Waals surface area (Å²) < 4.78 is 14.9. The molecule has 0 saturated carbocycles. The maximum atomic E-state index is 13.3. The molecule has 1 aromatic carbocycles. The van der Waals surface area contributed by atoms with Gasteiger partial charge >= 0.3 is 5.69 Å². The number of benzene rings is 1. The molecule has 2 aromatic rings. The van der Waals surface area contributed by atoms with Crippen LogP contribution in [0.5, 0.6) is 0 Å². The molecule has 1 aliphatic rings. The number of imidazole rings is 1. The molecular weight excluding hydrogens is 233 g/mol. The van der Waals surface area contributed by atoms with E-state index in [1.165, 1.54) is 12.1 Å². The topological polar surface area (TPSA) is 49.8 Å². The molecule has 5 heteroatoms. The van der Waals surface area contributed by atoms with Crippen molar-refractivity contribution in [1.29, 1.82) is 0 Å². The third-order valence-corrected chi connectivity index (χ3v) is 3.64. The van der Waals surface area contributed by atoms with Crippen LogP contribution in [-0.4, -0.2) is 22.6 Å². The first-order valence-corrected chi connectivity index (χ1v) is 6.33. The van der Waals surface area contributed by atoms with Gasteiger partial charge in [0.2, 0.25) is 0 Å². The number of piperidine rings is 1. The van der Waals surface area contributed by atoms with Crippen LogP contribution in [0.4, 0.5) is 4.39 Å². The lowest BCUT2D eigenvalue weighted by Crippen LogP contribution is -2.31. The third-order valence-electron chi connectivity index (χ3n) is 3.64. The fourth-order valence-corrected chi connectivity index (χ4v) is 2.63. The monoisotopic (exact) mass is 249 g/mol. The van der Waals surface area contributed by atoms with Crippen molar-refractivity contribution in [3.63, 3.8) is 0 Å². The van der Waals surface area contributed by atoms with Gasteiger partial charge in [0.1, 0.15) is 5.82 Å². The Kier molecular flexibility index (Phi) is 2.91. The van der Waals surface area contributed by atoms with Crippen LogP contribution in [0, 0.1) is 11.7 Å². The van der Waals surface area contributed by atoms with Crippen LogP contribution >= 0.6 is 0 Å². The molecule has 1 aliphatic heterocycles. The zero-order chi connectivity index (χ0) is 12.5. The van der Waals surface area contributed by atoms with E-state index in [0.717, 1.165) is 25.9 Å². The van der Waals surface area contributed by atoms with E-state index < -0.39 is 0 Å². The SMILES string of the molecule is O=c1[nH]c2ccc(F)cc2n1CC1CCNCC1. The minimum atomic E-state index is -0.305. The summed E-state index contributed by atoms with van der Waals surface area (Å²) in [6.07, 6.45) is 2.13. The Balaban J connectivity index is 1.97. The van der Waals surface area contributed by atoms with Gasteiger partial charge in [0.05, 0.1) is 11.0 Å². The maximum Gasteiger partial charge on any atom is 0.326 e.